The van der Waals surface area contributed by atoms with E-state index in [1.807, 2.05) is 45.2 Å². The van der Waals surface area contributed by atoms with Crippen LogP contribution in [-0.4, -0.2) is 40.5 Å². The van der Waals surface area contributed by atoms with Gasteiger partial charge in [-0.05, 0) is 83.0 Å². The van der Waals surface area contributed by atoms with E-state index in [4.69, 9.17) is 9.84 Å². The van der Waals surface area contributed by atoms with E-state index in [0.717, 1.165) is 3.57 Å². The van der Waals surface area contributed by atoms with Gasteiger partial charge in [-0.15, -0.1) is 0 Å². The number of aliphatic carboxylic acids is 1. The molecule has 2 rings (SSSR count). The van der Waals surface area contributed by atoms with Crippen molar-refractivity contribution in [3.63, 3.8) is 0 Å². The van der Waals surface area contributed by atoms with Gasteiger partial charge >= 0.3 is 18.0 Å². The molecule has 0 spiro atoms. The average molecular weight is 582 g/mol. The molecule has 0 heterocycles. The minimum atomic E-state index is -4.22. The quantitative estimate of drug-likeness (QED) is 0.406. The molecule has 25 heavy (non-hydrogen) atoms. The Hall–Kier alpha value is -0.760. The lowest BCUT2D eigenvalue weighted by atomic mass is 9.95. The molecule has 0 atom stereocenters. The largest absolute Gasteiger partial charge is 0.506 e. The Bertz CT molecular complexity index is 674. The first-order chi connectivity index (χ1) is 11.6. The topological polar surface area (TPSA) is 93.1 Å². The molecule has 0 bridgehead atoms. The number of hydrogen-bond acceptors (Lipinski definition) is 5. The molecule has 6 nitrogen and oxygen atoms in total. The Kier molecular flexibility index (Phi) is 6.81. The number of phenols is 1. The van der Waals surface area contributed by atoms with E-state index in [0.29, 0.717) is 3.57 Å². The predicted molar refractivity (Wildman–Crippen MR) is 98.7 cm³/mol. The Morgan fingerprint density at radius 3 is 2.24 bits per heavy atom. The Morgan fingerprint density at radius 1 is 1.12 bits per heavy atom. The van der Waals surface area contributed by atoms with Crippen LogP contribution in [0.25, 0.3) is 0 Å². The van der Waals surface area contributed by atoms with Gasteiger partial charge in [0.1, 0.15) is 17.4 Å². The maximum absolute atomic E-state index is 13.0. The zero-order chi connectivity index (χ0) is 18.8. The number of phenolic OH excluding ortho intramolecular Hbond substituents is 1. The lowest BCUT2D eigenvalue weighted by Crippen LogP contribution is -2.38. The average Bonchev–Trinajstić information content (AvgIpc) is 2.52. The van der Waals surface area contributed by atoms with Crippen LogP contribution in [0.4, 0.5) is 8.78 Å². The molecule has 1 aliphatic carbocycles. The van der Waals surface area contributed by atoms with Crippen molar-refractivity contribution in [3.8, 4) is 5.75 Å². The number of carbonyl (C=O) groups excluding carboxylic acids is 1. The SMILES string of the molecule is O=C(OC1CCC(OC(F)(F)C(=O)O)CC1)c1cc(I)cc(I)c1O. The smallest absolute Gasteiger partial charge is 0.456 e. The number of halogens is 4. The van der Waals surface area contributed by atoms with Gasteiger partial charge in [-0.1, -0.05) is 0 Å². The number of benzene rings is 1. The number of rotatable bonds is 5. The van der Waals surface area contributed by atoms with Gasteiger partial charge in [0.25, 0.3) is 0 Å². The summed E-state index contributed by atoms with van der Waals surface area (Å²) in [5.74, 6) is -3.18. The van der Waals surface area contributed by atoms with Crippen LogP contribution < -0.4 is 0 Å². The molecule has 1 aromatic carbocycles. The molecule has 0 unspecified atom stereocenters. The summed E-state index contributed by atoms with van der Waals surface area (Å²) >= 11 is 3.91. The second-order valence-corrected chi connectivity index (χ2v) is 7.94. The number of esters is 1. The molecule has 0 amide bonds. The van der Waals surface area contributed by atoms with Crippen LogP contribution in [0.2, 0.25) is 0 Å². The molecular weight excluding hydrogens is 568 g/mol. The van der Waals surface area contributed by atoms with E-state index in [1.165, 1.54) is 6.07 Å². The first-order valence-electron chi connectivity index (χ1n) is 7.28. The van der Waals surface area contributed by atoms with Gasteiger partial charge in [0.05, 0.1) is 9.67 Å². The number of carbonyl (C=O) groups is 2. The van der Waals surface area contributed by atoms with Crippen molar-refractivity contribution in [2.75, 3.05) is 0 Å². The van der Waals surface area contributed by atoms with Crippen LogP contribution >= 0.6 is 45.2 Å². The summed E-state index contributed by atoms with van der Waals surface area (Å²) in [7, 11) is 0. The first-order valence-corrected chi connectivity index (χ1v) is 9.44. The molecule has 10 heteroatoms. The summed E-state index contributed by atoms with van der Waals surface area (Å²) in [6.45, 7) is 0. The van der Waals surface area contributed by atoms with Crippen molar-refractivity contribution < 1.29 is 38.1 Å². The highest BCUT2D eigenvalue weighted by Gasteiger charge is 2.43. The van der Waals surface area contributed by atoms with Crippen molar-refractivity contribution in [2.24, 2.45) is 0 Å². The highest BCUT2D eigenvalue weighted by atomic mass is 127. The van der Waals surface area contributed by atoms with Crippen LogP contribution in [-0.2, 0) is 14.3 Å². The zero-order valence-corrected chi connectivity index (χ0v) is 17.0. The van der Waals surface area contributed by atoms with E-state index in [1.54, 1.807) is 6.07 Å². The standard InChI is InChI=1S/C15H14F2I2O6/c16-15(17,14(22)23)25-9-3-1-8(2-4-9)24-13(21)10-5-7(18)6-11(19)12(10)20/h5-6,8-9,20H,1-4H2,(H,22,23). The van der Waals surface area contributed by atoms with E-state index < -0.39 is 30.3 Å². The molecule has 1 fully saturated rings. The highest BCUT2D eigenvalue weighted by Crippen LogP contribution is 2.31. The monoisotopic (exact) mass is 582 g/mol. The highest BCUT2D eigenvalue weighted by molar-refractivity contribution is 14.1. The van der Waals surface area contributed by atoms with Gasteiger partial charge in [-0.3, -0.25) is 0 Å². The minimum absolute atomic E-state index is 0.0482. The van der Waals surface area contributed by atoms with Gasteiger partial charge in [0.2, 0.25) is 0 Å². The Labute approximate surface area is 169 Å². The molecule has 1 aliphatic rings. The third kappa shape index (κ3) is 5.36. The van der Waals surface area contributed by atoms with E-state index >= 15 is 0 Å². The number of carboxylic acids is 1. The van der Waals surface area contributed by atoms with Crippen LogP contribution in [0.1, 0.15) is 36.0 Å². The van der Waals surface area contributed by atoms with Crippen molar-refractivity contribution in [3.05, 3.63) is 24.8 Å². The third-order valence-corrected chi connectivity index (χ3v) is 5.15. The van der Waals surface area contributed by atoms with E-state index in [-0.39, 0.29) is 37.0 Å². The van der Waals surface area contributed by atoms with Crippen molar-refractivity contribution in [2.45, 2.75) is 44.0 Å². The molecule has 138 valence electrons. The van der Waals surface area contributed by atoms with Crippen LogP contribution in [0.15, 0.2) is 12.1 Å². The minimum Gasteiger partial charge on any atom is -0.506 e. The van der Waals surface area contributed by atoms with Crippen LogP contribution in [0, 0.1) is 7.14 Å². The number of alkyl halides is 2. The zero-order valence-electron chi connectivity index (χ0n) is 12.7. The van der Waals surface area contributed by atoms with Gasteiger partial charge in [0.15, 0.2) is 0 Å². The predicted octanol–water partition coefficient (Wildman–Crippen LogP) is 3.76. The lowest BCUT2D eigenvalue weighted by Gasteiger charge is -2.29. The molecule has 1 saturated carbocycles. The molecule has 1 aromatic rings. The number of ether oxygens (including phenoxy) is 2. The Morgan fingerprint density at radius 2 is 1.68 bits per heavy atom. The molecule has 0 radical (unpaired) electrons. The molecular formula is C15H14F2I2O6. The van der Waals surface area contributed by atoms with Crippen LogP contribution in [0.5, 0.6) is 5.75 Å². The lowest BCUT2D eigenvalue weighted by molar-refractivity contribution is -0.267. The van der Waals surface area contributed by atoms with E-state index in [2.05, 4.69) is 4.74 Å². The van der Waals surface area contributed by atoms with Crippen LogP contribution in [0.3, 0.4) is 0 Å². The van der Waals surface area contributed by atoms with Crippen molar-refractivity contribution in [1.29, 1.82) is 0 Å². The fourth-order valence-corrected chi connectivity index (χ4v) is 4.31. The summed E-state index contributed by atoms with van der Waals surface area (Å²) in [5.41, 5.74) is 0.0482. The fourth-order valence-electron chi connectivity index (χ4n) is 2.46. The van der Waals surface area contributed by atoms with E-state index in [9.17, 15) is 23.5 Å². The summed E-state index contributed by atoms with van der Waals surface area (Å²) in [5, 5.41) is 18.3. The first kappa shape index (κ1) is 20.6. The molecule has 0 aromatic heterocycles. The van der Waals surface area contributed by atoms with Gasteiger partial charge in [-0.25, -0.2) is 9.59 Å². The maximum Gasteiger partial charge on any atom is 0.456 e. The second kappa shape index (κ2) is 8.29. The summed E-state index contributed by atoms with van der Waals surface area (Å²) in [6.07, 6.45) is -4.79. The van der Waals surface area contributed by atoms with Crippen molar-refractivity contribution in [1.82, 2.24) is 0 Å². The summed E-state index contributed by atoms with van der Waals surface area (Å²) in [6, 6.07) is 3.21. The maximum atomic E-state index is 13.0. The Balaban J connectivity index is 1.92. The fraction of sp³-hybridized carbons (Fsp3) is 0.467. The molecule has 0 aliphatic heterocycles. The molecule has 0 saturated heterocycles. The van der Waals surface area contributed by atoms with Crippen molar-refractivity contribution >= 4 is 57.1 Å². The number of carboxylic acid groups (broad SMARTS) is 1. The normalized spacial score (nSPS) is 21.0. The second-order valence-electron chi connectivity index (χ2n) is 5.53. The van der Waals surface area contributed by atoms with Gasteiger partial charge in [-0.2, -0.15) is 8.78 Å². The van der Waals surface area contributed by atoms with Gasteiger partial charge in [0, 0.05) is 3.57 Å². The number of hydrogen-bond donors (Lipinski definition) is 2. The van der Waals surface area contributed by atoms with Gasteiger partial charge < -0.3 is 19.7 Å². The number of aromatic hydroxyl groups is 1. The summed E-state index contributed by atoms with van der Waals surface area (Å²) in [4.78, 5) is 22.6. The third-order valence-electron chi connectivity index (χ3n) is 3.71. The summed E-state index contributed by atoms with van der Waals surface area (Å²) < 4.78 is 37.0. The molecule has 2 N–H and O–H groups in total.